The lowest BCUT2D eigenvalue weighted by Crippen LogP contribution is -2.19. The van der Waals surface area contributed by atoms with Crippen LogP contribution >= 0.6 is 0 Å². The summed E-state index contributed by atoms with van der Waals surface area (Å²) in [6.45, 7) is 2.08. The van der Waals surface area contributed by atoms with E-state index in [4.69, 9.17) is 5.73 Å². The third kappa shape index (κ3) is 2.58. The highest BCUT2D eigenvalue weighted by molar-refractivity contribution is 4.78. The molecule has 0 aliphatic heterocycles. The predicted octanol–water partition coefficient (Wildman–Crippen LogP) is -0.120. The fourth-order valence-electron chi connectivity index (χ4n) is 0.942. The van der Waals surface area contributed by atoms with Gasteiger partial charge in [-0.05, 0) is 18.1 Å². The Kier molecular flexibility index (Phi) is 3.16. The maximum Gasteiger partial charge on any atom is 0.174 e. The van der Waals surface area contributed by atoms with Crippen LogP contribution in [0, 0.1) is 0 Å². The number of nitrogens with zero attached hydrogens (tertiary/aromatic N) is 4. The van der Waals surface area contributed by atoms with Crippen LogP contribution in [0.1, 0.15) is 25.6 Å². The topological polar surface area (TPSA) is 69.6 Å². The van der Waals surface area contributed by atoms with Crippen molar-refractivity contribution in [3.05, 3.63) is 5.82 Å². The van der Waals surface area contributed by atoms with Crippen molar-refractivity contribution in [2.75, 3.05) is 0 Å². The Bertz CT molecular complexity index is 231. The Morgan fingerprint density at radius 3 is 2.83 bits per heavy atom. The molecule has 5 heteroatoms. The average Bonchev–Trinajstić information content (AvgIpc) is 2.47. The van der Waals surface area contributed by atoms with Gasteiger partial charge in [0.2, 0.25) is 0 Å². The van der Waals surface area contributed by atoms with Crippen LogP contribution in [0.25, 0.3) is 0 Å². The van der Waals surface area contributed by atoms with Gasteiger partial charge in [0.15, 0.2) is 5.82 Å². The zero-order valence-electron chi connectivity index (χ0n) is 7.56. The van der Waals surface area contributed by atoms with Crippen LogP contribution in [0.15, 0.2) is 0 Å². The molecule has 1 aromatic heterocycles. The molecule has 0 radical (unpaired) electrons. The zero-order chi connectivity index (χ0) is 8.97. The van der Waals surface area contributed by atoms with Gasteiger partial charge in [-0.3, -0.25) is 0 Å². The molecule has 0 saturated carbocycles. The van der Waals surface area contributed by atoms with E-state index in [1.807, 2.05) is 0 Å². The maximum atomic E-state index is 5.74. The number of hydrogen-bond acceptors (Lipinski definition) is 4. The first-order valence-corrected chi connectivity index (χ1v) is 4.20. The number of tetrazole rings is 1. The lowest BCUT2D eigenvalue weighted by atomic mass is 10.1. The van der Waals surface area contributed by atoms with Crippen LogP contribution in [0.2, 0.25) is 0 Å². The monoisotopic (exact) mass is 169 g/mol. The van der Waals surface area contributed by atoms with Gasteiger partial charge in [-0.15, -0.1) is 10.2 Å². The molecular formula is C7H15N5. The van der Waals surface area contributed by atoms with E-state index in [2.05, 4.69) is 22.3 Å². The van der Waals surface area contributed by atoms with E-state index >= 15 is 0 Å². The summed E-state index contributed by atoms with van der Waals surface area (Å²) >= 11 is 0. The van der Waals surface area contributed by atoms with Crippen molar-refractivity contribution in [3.8, 4) is 0 Å². The molecule has 0 aromatic carbocycles. The summed E-state index contributed by atoms with van der Waals surface area (Å²) in [7, 11) is 1.76. The fourth-order valence-corrected chi connectivity index (χ4v) is 0.942. The molecule has 1 rings (SSSR count). The van der Waals surface area contributed by atoms with Gasteiger partial charge in [-0.1, -0.05) is 6.92 Å². The fraction of sp³-hybridized carbons (Fsp3) is 0.857. The minimum atomic E-state index is 0.258. The standard InChI is InChI=1S/C7H15N5/c1-3-6(8)4-5-7-9-11-12(2)10-7/h6H,3-5,8H2,1-2H3. The van der Waals surface area contributed by atoms with Crippen molar-refractivity contribution in [2.45, 2.75) is 32.2 Å². The van der Waals surface area contributed by atoms with Crippen molar-refractivity contribution < 1.29 is 0 Å². The van der Waals surface area contributed by atoms with Crippen LogP contribution in [-0.4, -0.2) is 26.2 Å². The minimum absolute atomic E-state index is 0.258. The van der Waals surface area contributed by atoms with Gasteiger partial charge in [-0.2, -0.15) is 4.80 Å². The van der Waals surface area contributed by atoms with E-state index in [1.165, 1.54) is 4.80 Å². The molecule has 5 nitrogen and oxygen atoms in total. The summed E-state index contributed by atoms with van der Waals surface area (Å²) in [4.78, 5) is 1.47. The molecule has 0 amide bonds. The third-order valence-electron chi connectivity index (χ3n) is 1.81. The Hall–Kier alpha value is -0.970. The molecule has 0 saturated heterocycles. The summed E-state index contributed by atoms with van der Waals surface area (Å²) in [5.41, 5.74) is 5.74. The first-order chi connectivity index (χ1) is 5.72. The van der Waals surface area contributed by atoms with E-state index in [-0.39, 0.29) is 6.04 Å². The summed E-state index contributed by atoms with van der Waals surface area (Å²) in [6.07, 6.45) is 2.76. The van der Waals surface area contributed by atoms with Gasteiger partial charge in [0.25, 0.3) is 0 Å². The molecule has 1 unspecified atom stereocenters. The van der Waals surface area contributed by atoms with Gasteiger partial charge < -0.3 is 5.73 Å². The van der Waals surface area contributed by atoms with Crippen molar-refractivity contribution in [1.29, 1.82) is 0 Å². The van der Waals surface area contributed by atoms with Gasteiger partial charge in [0.05, 0.1) is 7.05 Å². The predicted molar refractivity (Wildman–Crippen MR) is 45.4 cm³/mol. The molecule has 2 N–H and O–H groups in total. The summed E-state index contributed by atoms with van der Waals surface area (Å²) < 4.78 is 0. The van der Waals surface area contributed by atoms with Crippen molar-refractivity contribution in [1.82, 2.24) is 20.2 Å². The highest BCUT2D eigenvalue weighted by atomic mass is 15.6. The summed E-state index contributed by atoms with van der Waals surface area (Å²) in [5.74, 6) is 0.779. The van der Waals surface area contributed by atoms with E-state index < -0.39 is 0 Å². The Morgan fingerprint density at radius 2 is 2.33 bits per heavy atom. The number of nitrogens with two attached hydrogens (primary N) is 1. The van der Waals surface area contributed by atoms with E-state index in [9.17, 15) is 0 Å². The first kappa shape index (κ1) is 9.12. The lowest BCUT2D eigenvalue weighted by Gasteiger charge is -2.04. The van der Waals surface area contributed by atoms with E-state index in [1.54, 1.807) is 7.05 Å². The zero-order valence-corrected chi connectivity index (χ0v) is 7.56. The highest BCUT2D eigenvalue weighted by Crippen LogP contribution is 1.98. The molecule has 0 bridgehead atoms. The van der Waals surface area contributed by atoms with Gasteiger partial charge in [0, 0.05) is 12.5 Å². The molecule has 0 fully saturated rings. The smallest absolute Gasteiger partial charge is 0.174 e. The lowest BCUT2D eigenvalue weighted by molar-refractivity contribution is 0.581. The number of rotatable bonds is 4. The van der Waals surface area contributed by atoms with Crippen LogP contribution in [0.3, 0.4) is 0 Å². The second kappa shape index (κ2) is 4.15. The second-order valence-corrected chi connectivity index (χ2v) is 2.90. The van der Waals surface area contributed by atoms with Gasteiger partial charge >= 0.3 is 0 Å². The normalized spacial score (nSPS) is 13.2. The third-order valence-corrected chi connectivity index (χ3v) is 1.81. The largest absolute Gasteiger partial charge is 0.328 e. The first-order valence-electron chi connectivity index (χ1n) is 4.20. The molecule has 0 aliphatic rings. The van der Waals surface area contributed by atoms with Crippen molar-refractivity contribution in [2.24, 2.45) is 12.8 Å². The van der Waals surface area contributed by atoms with E-state index in [0.29, 0.717) is 0 Å². The Balaban J connectivity index is 2.33. The molecule has 12 heavy (non-hydrogen) atoms. The number of aromatic nitrogens is 4. The number of aryl methyl sites for hydroxylation is 2. The summed E-state index contributed by atoms with van der Waals surface area (Å²) in [5, 5.41) is 11.7. The van der Waals surface area contributed by atoms with Crippen molar-refractivity contribution in [3.63, 3.8) is 0 Å². The van der Waals surface area contributed by atoms with Gasteiger partial charge in [-0.25, -0.2) is 0 Å². The second-order valence-electron chi connectivity index (χ2n) is 2.90. The van der Waals surface area contributed by atoms with Crippen LogP contribution in [-0.2, 0) is 13.5 Å². The quantitative estimate of drug-likeness (QED) is 0.682. The van der Waals surface area contributed by atoms with Gasteiger partial charge in [0.1, 0.15) is 0 Å². The molecule has 1 aromatic rings. The number of hydrogen-bond donors (Lipinski definition) is 1. The van der Waals surface area contributed by atoms with Crippen LogP contribution in [0.4, 0.5) is 0 Å². The van der Waals surface area contributed by atoms with E-state index in [0.717, 1.165) is 25.1 Å². The molecule has 1 heterocycles. The average molecular weight is 169 g/mol. The maximum absolute atomic E-state index is 5.74. The molecular weight excluding hydrogens is 154 g/mol. The van der Waals surface area contributed by atoms with Crippen LogP contribution < -0.4 is 5.73 Å². The Labute approximate surface area is 71.9 Å². The van der Waals surface area contributed by atoms with Crippen molar-refractivity contribution >= 4 is 0 Å². The van der Waals surface area contributed by atoms with Crippen LogP contribution in [0.5, 0.6) is 0 Å². The molecule has 0 aliphatic carbocycles. The molecule has 0 spiro atoms. The Morgan fingerprint density at radius 1 is 1.58 bits per heavy atom. The molecule has 68 valence electrons. The summed E-state index contributed by atoms with van der Waals surface area (Å²) in [6, 6.07) is 0.258. The highest BCUT2D eigenvalue weighted by Gasteiger charge is 2.03. The SMILES string of the molecule is CCC(N)CCc1nnn(C)n1. The minimum Gasteiger partial charge on any atom is -0.328 e. The molecule has 1 atom stereocenters.